The zero-order valence-corrected chi connectivity index (χ0v) is 20.6. The molecule has 5 rings (SSSR count). The van der Waals surface area contributed by atoms with Crippen LogP contribution in [-0.2, 0) is 21.2 Å². The van der Waals surface area contributed by atoms with Crippen LogP contribution < -0.4 is 4.72 Å². The molecule has 0 bridgehead atoms. The van der Waals surface area contributed by atoms with Crippen molar-refractivity contribution in [2.75, 3.05) is 12.6 Å². The molecular weight excluding hydrogens is 510 g/mol. The van der Waals surface area contributed by atoms with E-state index in [1.807, 2.05) is 6.07 Å². The Morgan fingerprint density at radius 1 is 1.16 bits per heavy atom. The highest BCUT2D eigenvalue weighted by molar-refractivity contribution is 7.89. The number of hydrogen-bond donors (Lipinski definition) is 1. The van der Waals surface area contributed by atoms with E-state index in [4.69, 9.17) is 0 Å². The van der Waals surface area contributed by atoms with Crippen molar-refractivity contribution < 1.29 is 30.8 Å². The second kappa shape index (κ2) is 9.10. The molecule has 1 saturated heterocycles. The monoisotopic (exact) mass is 535 g/mol. The van der Waals surface area contributed by atoms with Gasteiger partial charge in [0.15, 0.2) is 0 Å². The van der Waals surface area contributed by atoms with Crippen LogP contribution in [0.15, 0.2) is 42.5 Å². The summed E-state index contributed by atoms with van der Waals surface area (Å²) in [4.78, 5) is 14.9. The summed E-state index contributed by atoms with van der Waals surface area (Å²) in [5, 5.41) is 9.71. The van der Waals surface area contributed by atoms with Crippen molar-refractivity contribution in [3.05, 3.63) is 59.7 Å². The number of likely N-dealkylation sites (tertiary alicyclic amines) is 1. The lowest BCUT2D eigenvalue weighted by Gasteiger charge is -2.41. The summed E-state index contributed by atoms with van der Waals surface area (Å²) in [5.74, 6) is -2.12. The third-order valence-corrected chi connectivity index (χ3v) is 8.82. The molecule has 196 valence electrons. The maximum atomic E-state index is 15.7. The predicted octanol–water partition coefficient (Wildman–Crippen LogP) is 4.02. The summed E-state index contributed by atoms with van der Waals surface area (Å²) in [6.07, 6.45) is -1.11. The van der Waals surface area contributed by atoms with Gasteiger partial charge in [-0.05, 0) is 42.5 Å². The Morgan fingerprint density at radius 3 is 2.41 bits per heavy atom. The zero-order chi connectivity index (χ0) is 26.6. The molecule has 1 spiro atoms. The Morgan fingerprint density at radius 2 is 1.84 bits per heavy atom. The zero-order valence-electron chi connectivity index (χ0n) is 19.8. The minimum atomic E-state index is -4.37. The van der Waals surface area contributed by atoms with Gasteiger partial charge in [-0.15, -0.1) is 0 Å². The van der Waals surface area contributed by atoms with Crippen LogP contribution in [0.1, 0.15) is 31.2 Å². The third-order valence-electron chi connectivity index (χ3n) is 7.92. The van der Waals surface area contributed by atoms with E-state index in [0.29, 0.717) is 18.4 Å². The van der Waals surface area contributed by atoms with Gasteiger partial charge in [-0.2, -0.15) is 5.26 Å². The van der Waals surface area contributed by atoms with Crippen LogP contribution in [-0.4, -0.2) is 50.0 Å². The van der Waals surface area contributed by atoms with Crippen LogP contribution in [0, 0.1) is 33.8 Å². The van der Waals surface area contributed by atoms with Crippen molar-refractivity contribution in [3.63, 3.8) is 0 Å². The van der Waals surface area contributed by atoms with Gasteiger partial charge in [-0.25, -0.2) is 30.7 Å². The number of carbonyl (C=O) groups excluding carboxylic acids is 1. The Labute approximate surface area is 212 Å². The van der Waals surface area contributed by atoms with Gasteiger partial charge in [0.2, 0.25) is 21.9 Å². The maximum absolute atomic E-state index is 15.7. The predicted molar refractivity (Wildman–Crippen MR) is 127 cm³/mol. The largest absolute Gasteiger partial charge is 0.336 e. The van der Waals surface area contributed by atoms with Crippen molar-refractivity contribution in [2.24, 2.45) is 10.8 Å². The van der Waals surface area contributed by atoms with E-state index < -0.39 is 62.7 Å². The van der Waals surface area contributed by atoms with Crippen molar-refractivity contribution >= 4 is 15.9 Å². The topological polar surface area (TPSA) is 90.3 Å². The molecule has 3 aliphatic rings. The van der Waals surface area contributed by atoms with Crippen LogP contribution >= 0.6 is 0 Å². The Bertz CT molecular complexity index is 1370. The van der Waals surface area contributed by atoms with Gasteiger partial charge in [0, 0.05) is 36.4 Å². The summed E-state index contributed by atoms with van der Waals surface area (Å²) in [6, 6.07) is 8.58. The molecule has 2 aromatic carbocycles. The van der Waals surface area contributed by atoms with E-state index in [9.17, 15) is 31.6 Å². The molecule has 2 atom stereocenters. The van der Waals surface area contributed by atoms with Gasteiger partial charge in [-0.3, -0.25) is 4.79 Å². The number of carbonyl (C=O) groups is 1. The Kier molecular flexibility index (Phi) is 6.31. The first kappa shape index (κ1) is 25.7. The van der Waals surface area contributed by atoms with Crippen molar-refractivity contribution in [1.29, 1.82) is 5.26 Å². The normalized spacial score (nSPS) is 28.1. The molecule has 1 N–H and O–H groups in total. The van der Waals surface area contributed by atoms with Crippen LogP contribution in [0.2, 0.25) is 0 Å². The van der Waals surface area contributed by atoms with Crippen molar-refractivity contribution in [1.82, 2.24) is 9.62 Å². The lowest BCUT2D eigenvalue weighted by molar-refractivity contribution is -0.147. The minimum absolute atomic E-state index is 0.00116. The molecule has 1 heterocycles. The number of rotatable bonds is 7. The van der Waals surface area contributed by atoms with Crippen molar-refractivity contribution in [2.45, 2.75) is 50.4 Å². The Balaban J connectivity index is 1.56. The number of nitriles is 1. The number of halogens is 4. The molecule has 3 fully saturated rings. The molecule has 6 nitrogen and oxygen atoms in total. The third kappa shape index (κ3) is 4.50. The number of amides is 1. The molecule has 2 aliphatic carbocycles. The van der Waals surface area contributed by atoms with Crippen LogP contribution in [0.3, 0.4) is 0 Å². The van der Waals surface area contributed by atoms with Crippen LogP contribution in [0.5, 0.6) is 0 Å². The first-order valence-electron chi connectivity index (χ1n) is 12.0. The second-order valence-corrected chi connectivity index (χ2v) is 12.1. The minimum Gasteiger partial charge on any atom is -0.336 e. The lowest BCUT2D eigenvalue weighted by atomic mass is 9.67. The number of benzene rings is 2. The molecule has 37 heavy (non-hydrogen) atoms. The van der Waals surface area contributed by atoms with E-state index in [1.54, 1.807) is 30.3 Å². The molecular formula is C26H25F4N3O3S. The first-order chi connectivity index (χ1) is 17.5. The van der Waals surface area contributed by atoms with Gasteiger partial charge in [0.05, 0.1) is 12.1 Å². The van der Waals surface area contributed by atoms with Gasteiger partial charge < -0.3 is 4.90 Å². The number of sulfonamides is 1. The van der Waals surface area contributed by atoms with E-state index in [-0.39, 0.29) is 36.9 Å². The summed E-state index contributed by atoms with van der Waals surface area (Å²) < 4.78 is 84.3. The highest BCUT2D eigenvalue weighted by atomic mass is 32.2. The molecule has 0 aromatic heterocycles. The average molecular weight is 536 g/mol. The van der Waals surface area contributed by atoms with Gasteiger partial charge in [0.1, 0.15) is 23.2 Å². The highest BCUT2D eigenvalue weighted by Gasteiger charge is 2.64. The molecule has 2 saturated carbocycles. The molecule has 11 heteroatoms. The molecule has 0 radical (unpaired) electrons. The number of nitrogens with one attached hydrogen (secondary N) is 1. The molecule has 0 unspecified atom stereocenters. The summed E-state index contributed by atoms with van der Waals surface area (Å²) in [5.41, 5.74) is -1.98. The number of hydrogen-bond acceptors (Lipinski definition) is 4. The maximum Gasteiger partial charge on any atom is 0.243 e. The SMILES string of the molecule is N#CC1(C(=O)N2CC3(CC3)[C@H](NS(=O)(=O)CF)[C@@H]2Cc2cc(F)cc(-c3ccccc3)c2F)CC(F)C1. The molecule has 1 aliphatic heterocycles. The van der Waals surface area contributed by atoms with Crippen LogP contribution in [0.25, 0.3) is 11.1 Å². The summed E-state index contributed by atoms with van der Waals surface area (Å²) in [7, 11) is -4.37. The highest BCUT2D eigenvalue weighted by Crippen LogP contribution is 2.57. The number of alkyl halides is 2. The van der Waals surface area contributed by atoms with E-state index >= 15 is 4.39 Å². The van der Waals surface area contributed by atoms with Crippen molar-refractivity contribution in [3.8, 4) is 17.2 Å². The van der Waals surface area contributed by atoms with Gasteiger partial charge in [0.25, 0.3) is 0 Å². The number of nitrogens with zero attached hydrogens (tertiary/aromatic N) is 2. The van der Waals surface area contributed by atoms with Crippen LogP contribution in [0.4, 0.5) is 17.6 Å². The second-order valence-electron chi connectivity index (χ2n) is 10.4. The fraction of sp³-hybridized carbons (Fsp3) is 0.462. The Hall–Kier alpha value is -2.97. The lowest BCUT2D eigenvalue weighted by Crippen LogP contribution is -2.55. The van der Waals surface area contributed by atoms with E-state index in [1.165, 1.54) is 4.90 Å². The average Bonchev–Trinajstić information content (AvgIpc) is 3.59. The molecule has 1 amide bonds. The smallest absolute Gasteiger partial charge is 0.243 e. The fourth-order valence-corrected chi connectivity index (χ4v) is 6.64. The quantitative estimate of drug-likeness (QED) is 0.543. The molecule has 2 aromatic rings. The van der Waals surface area contributed by atoms with E-state index in [2.05, 4.69) is 4.72 Å². The van der Waals surface area contributed by atoms with E-state index in [0.717, 1.165) is 12.1 Å². The van der Waals surface area contributed by atoms with Gasteiger partial charge >= 0.3 is 0 Å². The first-order valence-corrected chi connectivity index (χ1v) is 13.6. The summed E-state index contributed by atoms with van der Waals surface area (Å²) in [6.45, 7) is 0.0544. The summed E-state index contributed by atoms with van der Waals surface area (Å²) >= 11 is 0. The fourth-order valence-electron chi connectivity index (χ4n) is 5.78. The van der Waals surface area contributed by atoms with Gasteiger partial charge in [-0.1, -0.05) is 30.3 Å². The standard InChI is InChI=1S/C26H25F4N3O3S/c27-15-37(35,36)32-23-21(9-17-8-18(28)10-20(22(17)30)16-4-2-1-3-5-16)33(14-25(23)6-7-25)24(34)26(13-31)11-19(29)12-26/h1-5,8,10,19,21,23,32H,6-7,9,11-12,14-15H2/t19?,21-,23+,26?/m0/s1.